The number of hydrogen-bond donors (Lipinski definition) is 1. The molecule has 0 saturated heterocycles. The van der Waals surface area contributed by atoms with Crippen LogP contribution >= 0.6 is 15.9 Å². The fourth-order valence-electron chi connectivity index (χ4n) is 0.932. The molecule has 13 heavy (non-hydrogen) atoms. The molecule has 1 rings (SSSR count). The van der Waals surface area contributed by atoms with Crippen LogP contribution in [-0.2, 0) is 6.61 Å². The Morgan fingerprint density at radius 1 is 1.54 bits per heavy atom. The second kappa shape index (κ2) is 4.90. The maximum absolute atomic E-state index is 8.99. The summed E-state index contributed by atoms with van der Waals surface area (Å²) in [7, 11) is 0. The van der Waals surface area contributed by atoms with E-state index in [9.17, 15) is 0 Å². The normalized spacial score (nSPS) is 9.31. The van der Waals surface area contributed by atoms with Crippen LogP contribution < -0.4 is 4.74 Å². The monoisotopic (exact) mass is 240 g/mol. The van der Waals surface area contributed by atoms with E-state index in [1.54, 1.807) is 12.1 Å². The second-order valence-corrected chi connectivity index (χ2v) is 3.32. The lowest BCUT2D eigenvalue weighted by atomic mass is 10.2. The van der Waals surface area contributed by atoms with Crippen molar-refractivity contribution in [2.45, 2.75) is 6.61 Å². The molecule has 0 bridgehead atoms. The highest BCUT2D eigenvalue weighted by atomic mass is 79.9. The molecule has 0 saturated carbocycles. The molecule has 0 aromatic heterocycles. The van der Waals surface area contributed by atoms with Crippen molar-refractivity contribution >= 4 is 15.9 Å². The van der Waals surface area contributed by atoms with Gasteiger partial charge in [0.15, 0.2) is 0 Å². The SMILES string of the molecule is C#CCOc1ccc(Br)cc1CO. The standard InChI is InChI=1S/C10H9BrO2/c1-2-5-13-10-4-3-9(11)6-8(10)7-12/h1,3-4,6,12H,5,7H2. The molecule has 68 valence electrons. The van der Waals surface area contributed by atoms with Gasteiger partial charge < -0.3 is 9.84 Å². The van der Waals surface area contributed by atoms with Gasteiger partial charge in [0.2, 0.25) is 0 Å². The Labute approximate surface area is 85.7 Å². The highest BCUT2D eigenvalue weighted by Crippen LogP contribution is 2.22. The average molecular weight is 241 g/mol. The summed E-state index contributed by atoms with van der Waals surface area (Å²) in [5.74, 6) is 2.99. The van der Waals surface area contributed by atoms with Crippen molar-refractivity contribution in [2.75, 3.05) is 6.61 Å². The molecule has 0 aliphatic carbocycles. The third kappa shape index (κ3) is 2.76. The summed E-state index contributed by atoms with van der Waals surface area (Å²) >= 11 is 3.30. The highest BCUT2D eigenvalue weighted by molar-refractivity contribution is 9.10. The van der Waals surface area contributed by atoms with Gasteiger partial charge in [-0.25, -0.2) is 0 Å². The minimum absolute atomic E-state index is 0.0562. The Hall–Kier alpha value is -0.980. The van der Waals surface area contributed by atoms with Crippen molar-refractivity contribution in [1.82, 2.24) is 0 Å². The zero-order valence-electron chi connectivity index (χ0n) is 6.96. The van der Waals surface area contributed by atoms with E-state index in [1.807, 2.05) is 6.07 Å². The van der Waals surface area contributed by atoms with Gasteiger partial charge in [0.1, 0.15) is 12.4 Å². The van der Waals surface area contributed by atoms with Gasteiger partial charge in [0.25, 0.3) is 0 Å². The first kappa shape index (κ1) is 10.1. The van der Waals surface area contributed by atoms with Crippen LogP contribution in [0, 0.1) is 12.3 Å². The first-order valence-corrected chi connectivity index (χ1v) is 4.52. The van der Waals surface area contributed by atoms with E-state index in [0.717, 1.165) is 10.0 Å². The third-order valence-corrected chi connectivity index (χ3v) is 2.00. The number of aliphatic hydroxyl groups is 1. The summed E-state index contributed by atoms with van der Waals surface area (Å²) in [6.07, 6.45) is 5.05. The van der Waals surface area contributed by atoms with E-state index in [0.29, 0.717) is 5.75 Å². The molecule has 0 spiro atoms. The minimum Gasteiger partial charge on any atom is -0.481 e. The van der Waals surface area contributed by atoms with E-state index in [1.165, 1.54) is 0 Å². The molecule has 0 heterocycles. The van der Waals surface area contributed by atoms with Crippen LogP contribution in [0.2, 0.25) is 0 Å². The smallest absolute Gasteiger partial charge is 0.148 e. The Morgan fingerprint density at radius 3 is 2.92 bits per heavy atom. The average Bonchev–Trinajstić information content (AvgIpc) is 2.16. The van der Waals surface area contributed by atoms with Crippen molar-refractivity contribution in [2.24, 2.45) is 0 Å². The zero-order chi connectivity index (χ0) is 9.68. The summed E-state index contributed by atoms with van der Waals surface area (Å²) in [5.41, 5.74) is 0.727. The maximum Gasteiger partial charge on any atom is 0.148 e. The summed E-state index contributed by atoms with van der Waals surface area (Å²) in [6, 6.07) is 5.41. The zero-order valence-corrected chi connectivity index (χ0v) is 8.54. The van der Waals surface area contributed by atoms with Gasteiger partial charge in [0.05, 0.1) is 6.61 Å². The van der Waals surface area contributed by atoms with Crippen LogP contribution in [-0.4, -0.2) is 11.7 Å². The van der Waals surface area contributed by atoms with E-state index in [4.69, 9.17) is 16.3 Å². The molecular weight excluding hydrogens is 232 g/mol. The van der Waals surface area contributed by atoms with Gasteiger partial charge in [-0.15, -0.1) is 6.42 Å². The summed E-state index contributed by atoms with van der Waals surface area (Å²) in [6.45, 7) is 0.161. The Morgan fingerprint density at radius 2 is 2.31 bits per heavy atom. The topological polar surface area (TPSA) is 29.5 Å². The number of ether oxygens (including phenoxy) is 1. The maximum atomic E-state index is 8.99. The number of halogens is 1. The molecule has 1 N–H and O–H groups in total. The molecule has 0 radical (unpaired) electrons. The third-order valence-electron chi connectivity index (χ3n) is 1.50. The lowest BCUT2D eigenvalue weighted by molar-refractivity contribution is 0.270. The Bertz CT molecular complexity index is 328. The van der Waals surface area contributed by atoms with Crippen LogP contribution in [0.15, 0.2) is 22.7 Å². The van der Waals surface area contributed by atoms with Crippen LogP contribution in [0.25, 0.3) is 0 Å². The summed E-state index contributed by atoms with van der Waals surface area (Å²) < 4.78 is 6.12. The van der Waals surface area contributed by atoms with Crippen LogP contribution in [0.4, 0.5) is 0 Å². The molecule has 2 nitrogen and oxygen atoms in total. The van der Waals surface area contributed by atoms with Crippen molar-refractivity contribution in [3.63, 3.8) is 0 Å². The van der Waals surface area contributed by atoms with E-state index >= 15 is 0 Å². The van der Waals surface area contributed by atoms with Gasteiger partial charge in [-0.05, 0) is 18.2 Å². The number of rotatable bonds is 3. The molecule has 0 aliphatic rings. The lowest BCUT2D eigenvalue weighted by Crippen LogP contribution is -1.97. The molecule has 0 atom stereocenters. The van der Waals surface area contributed by atoms with Gasteiger partial charge in [-0.2, -0.15) is 0 Å². The molecule has 1 aromatic carbocycles. The first-order valence-electron chi connectivity index (χ1n) is 3.73. The van der Waals surface area contributed by atoms with E-state index in [2.05, 4.69) is 21.9 Å². The van der Waals surface area contributed by atoms with Crippen molar-refractivity contribution in [3.8, 4) is 18.1 Å². The molecule has 0 aliphatic heterocycles. The predicted octanol–water partition coefficient (Wildman–Crippen LogP) is 1.95. The van der Waals surface area contributed by atoms with Crippen molar-refractivity contribution in [3.05, 3.63) is 28.2 Å². The molecule has 0 fully saturated rings. The molecular formula is C10H9BrO2. The Kier molecular flexibility index (Phi) is 3.81. The Balaban J connectivity index is 2.87. The van der Waals surface area contributed by atoms with Crippen LogP contribution in [0.3, 0.4) is 0 Å². The quantitative estimate of drug-likeness (QED) is 0.819. The lowest BCUT2D eigenvalue weighted by Gasteiger charge is -2.07. The molecule has 1 aromatic rings. The minimum atomic E-state index is -0.0562. The number of hydrogen-bond acceptors (Lipinski definition) is 2. The van der Waals surface area contributed by atoms with Crippen LogP contribution in [0.5, 0.6) is 5.75 Å². The van der Waals surface area contributed by atoms with Gasteiger partial charge >= 0.3 is 0 Å². The fourth-order valence-corrected chi connectivity index (χ4v) is 1.34. The second-order valence-electron chi connectivity index (χ2n) is 2.40. The molecule has 0 amide bonds. The highest BCUT2D eigenvalue weighted by Gasteiger charge is 2.02. The number of terminal acetylenes is 1. The summed E-state index contributed by atoms with van der Waals surface area (Å²) in [4.78, 5) is 0. The van der Waals surface area contributed by atoms with E-state index < -0.39 is 0 Å². The van der Waals surface area contributed by atoms with Crippen molar-refractivity contribution < 1.29 is 9.84 Å². The fraction of sp³-hybridized carbons (Fsp3) is 0.200. The number of aliphatic hydroxyl groups excluding tert-OH is 1. The van der Waals surface area contributed by atoms with E-state index in [-0.39, 0.29) is 13.2 Å². The molecule has 3 heteroatoms. The largest absolute Gasteiger partial charge is 0.481 e. The van der Waals surface area contributed by atoms with Crippen LogP contribution in [0.1, 0.15) is 5.56 Å². The summed E-state index contributed by atoms with van der Waals surface area (Å²) in [5, 5.41) is 8.99. The predicted molar refractivity (Wildman–Crippen MR) is 54.4 cm³/mol. The molecule has 0 unspecified atom stereocenters. The first-order chi connectivity index (χ1) is 6.27. The van der Waals surface area contributed by atoms with Gasteiger partial charge in [-0.1, -0.05) is 21.9 Å². The van der Waals surface area contributed by atoms with Gasteiger partial charge in [0, 0.05) is 10.0 Å². The van der Waals surface area contributed by atoms with Crippen molar-refractivity contribution in [1.29, 1.82) is 0 Å². The number of benzene rings is 1. The van der Waals surface area contributed by atoms with Gasteiger partial charge in [-0.3, -0.25) is 0 Å².